The van der Waals surface area contributed by atoms with Crippen molar-refractivity contribution in [2.75, 3.05) is 11.9 Å². The standard InChI is InChI=1S/C15H12Cl2N2O3S/c16-9-1-6-13(12(17)7-9)22-8-14(21)19-15(23)18-10-2-4-11(20)5-3-10/h1-7,20H,8H2,(H2,18,19,21,23). The third-order valence-corrected chi connectivity index (χ3v) is 3.37. The summed E-state index contributed by atoms with van der Waals surface area (Å²) in [5.41, 5.74) is 0.634. The second-order valence-corrected chi connectivity index (χ2v) is 5.66. The number of hydrogen-bond donors (Lipinski definition) is 3. The van der Waals surface area contributed by atoms with Crippen molar-refractivity contribution in [2.45, 2.75) is 0 Å². The van der Waals surface area contributed by atoms with Crippen molar-refractivity contribution in [1.29, 1.82) is 0 Å². The van der Waals surface area contributed by atoms with Gasteiger partial charge in [-0.2, -0.15) is 0 Å². The van der Waals surface area contributed by atoms with Crippen LogP contribution in [0.3, 0.4) is 0 Å². The minimum absolute atomic E-state index is 0.117. The number of amides is 1. The number of carbonyl (C=O) groups is 1. The first kappa shape index (κ1) is 17.3. The maximum atomic E-state index is 11.8. The van der Waals surface area contributed by atoms with E-state index in [0.717, 1.165) is 0 Å². The third-order valence-electron chi connectivity index (χ3n) is 2.63. The van der Waals surface area contributed by atoms with Crippen LogP contribution in [0.4, 0.5) is 5.69 Å². The summed E-state index contributed by atoms with van der Waals surface area (Å²) in [6.45, 7) is -0.251. The number of thiocarbonyl (C=S) groups is 1. The normalized spacial score (nSPS) is 10.0. The summed E-state index contributed by atoms with van der Waals surface area (Å²) < 4.78 is 5.30. The molecular weight excluding hydrogens is 359 g/mol. The molecule has 0 unspecified atom stereocenters. The van der Waals surface area contributed by atoms with Gasteiger partial charge in [0.15, 0.2) is 11.7 Å². The molecule has 23 heavy (non-hydrogen) atoms. The zero-order valence-corrected chi connectivity index (χ0v) is 14.0. The first-order chi connectivity index (χ1) is 10.9. The summed E-state index contributed by atoms with van der Waals surface area (Å²) in [4.78, 5) is 11.8. The van der Waals surface area contributed by atoms with Crippen LogP contribution >= 0.6 is 35.4 Å². The third kappa shape index (κ3) is 5.59. The lowest BCUT2D eigenvalue weighted by atomic mass is 10.3. The Balaban J connectivity index is 1.82. The Bertz CT molecular complexity index is 723. The number of ether oxygens (including phenoxy) is 1. The van der Waals surface area contributed by atoms with Gasteiger partial charge in [-0.25, -0.2) is 0 Å². The molecule has 0 spiro atoms. The number of phenolic OH excluding ortho intramolecular Hbond substituents is 1. The highest BCUT2D eigenvalue weighted by Crippen LogP contribution is 2.27. The fourth-order valence-electron chi connectivity index (χ4n) is 1.61. The van der Waals surface area contributed by atoms with E-state index in [2.05, 4.69) is 10.6 Å². The number of phenols is 1. The molecule has 0 aromatic heterocycles. The van der Waals surface area contributed by atoms with E-state index < -0.39 is 5.91 Å². The van der Waals surface area contributed by atoms with Gasteiger partial charge in [0.25, 0.3) is 5.91 Å². The van der Waals surface area contributed by atoms with Crippen LogP contribution in [0.15, 0.2) is 42.5 Å². The minimum atomic E-state index is -0.438. The maximum absolute atomic E-state index is 11.8. The minimum Gasteiger partial charge on any atom is -0.508 e. The van der Waals surface area contributed by atoms with E-state index in [9.17, 15) is 9.90 Å². The maximum Gasteiger partial charge on any atom is 0.264 e. The fourth-order valence-corrected chi connectivity index (χ4v) is 2.30. The van der Waals surface area contributed by atoms with Crippen LogP contribution in [0.5, 0.6) is 11.5 Å². The molecule has 8 heteroatoms. The second kappa shape index (κ2) is 8.01. The lowest BCUT2D eigenvalue weighted by Crippen LogP contribution is -2.37. The average Bonchev–Trinajstić information content (AvgIpc) is 2.48. The SMILES string of the molecule is O=C(COc1ccc(Cl)cc1Cl)NC(=S)Nc1ccc(O)cc1. The molecule has 0 aliphatic heterocycles. The van der Waals surface area contributed by atoms with Crippen LogP contribution in [0, 0.1) is 0 Å². The molecule has 2 aromatic carbocycles. The molecule has 0 atom stereocenters. The second-order valence-electron chi connectivity index (χ2n) is 4.41. The van der Waals surface area contributed by atoms with Crippen LogP contribution in [0.1, 0.15) is 0 Å². The summed E-state index contributed by atoms with van der Waals surface area (Å²) in [5.74, 6) is 0.0506. The molecule has 2 rings (SSSR count). The van der Waals surface area contributed by atoms with Crippen molar-refractivity contribution in [1.82, 2.24) is 5.32 Å². The number of anilines is 1. The predicted molar refractivity (Wildman–Crippen MR) is 94.4 cm³/mol. The Kier molecular flexibility index (Phi) is 6.04. The van der Waals surface area contributed by atoms with Crippen molar-refractivity contribution in [3.63, 3.8) is 0 Å². The summed E-state index contributed by atoms with van der Waals surface area (Å²) in [6, 6.07) is 10.9. The molecule has 0 bridgehead atoms. The van der Waals surface area contributed by atoms with E-state index in [0.29, 0.717) is 21.5 Å². The van der Waals surface area contributed by atoms with Gasteiger partial charge in [-0.15, -0.1) is 0 Å². The molecule has 0 radical (unpaired) electrons. The molecule has 1 amide bonds. The van der Waals surface area contributed by atoms with E-state index in [1.165, 1.54) is 18.2 Å². The van der Waals surface area contributed by atoms with Gasteiger partial charge in [0, 0.05) is 10.7 Å². The Labute approximate surface area is 148 Å². The number of hydrogen-bond acceptors (Lipinski definition) is 4. The van der Waals surface area contributed by atoms with Crippen LogP contribution in [-0.2, 0) is 4.79 Å². The van der Waals surface area contributed by atoms with Crippen molar-refractivity contribution in [3.05, 3.63) is 52.5 Å². The van der Waals surface area contributed by atoms with Crippen LogP contribution in [0.2, 0.25) is 10.0 Å². The number of aromatic hydroxyl groups is 1. The highest BCUT2D eigenvalue weighted by atomic mass is 35.5. The van der Waals surface area contributed by atoms with Gasteiger partial charge in [-0.05, 0) is 54.7 Å². The quantitative estimate of drug-likeness (QED) is 0.566. The van der Waals surface area contributed by atoms with Crippen LogP contribution in [-0.4, -0.2) is 22.7 Å². The van der Waals surface area contributed by atoms with Crippen LogP contribution in [0.25, 0.3) is 0 Å². The smallest absolute Gasteiger partial charge is 0.264 e. The first-order valence-corrected chi connectivity index (χ1v) is 7.58. The van der Waals surface area contributed by atoms with Gasteiger partial charge in [0.1, 0.15) is 11.5 Å². The number of nitrogens with one attached hydrogen (secondary N) is 2. The van der Waals surface area contributed by atoms with Gasteiger partial charge in [0.05, 0.1) is 5.02 Å². The predicted octanol–water partition coefficient (Wildman–Crippen LogP) is 3.59. The highest BCUT2D eigenvalue weighted by Gasteiger charge is 2.08. The Morgan fingerprint density at radius 3 is 2.52 bits per heavy atom. The van der Waals surface area contributed by atoms with Gasteiger partial charge in [-0.1, -0.05) is 23.2 Å². The zero-order valence-electron chi connectivity index (χ0n) is 11.7. The van der Waals surface area contributed by atoms with E-state index in [-0.39, 0.29) is 17.5 Å². The molecule has 5 nitrogen and oxygen atoms in total. The number of carbonyl (C=O) groups excluding carboxylic acids is 1. The van der Waals surface area contributed by atoms with Crippen LogP contribution < -0.4 is 15.4 Å². The lowest BCUT2D eigenvalue weighted by molar-refractivity contribution is -0.121. The molecular formula is C15H12Cl2N2O3S. The Morgan fingerprint density at radius 1 is 1.17 bits per heavy atom. The van der Waals surface area contributed by atoms with Crippen molar-refractivity contribution in [2.24, 2.45) is 0 Å². The molecule has 0 aliphatic rings. The fraction of sp³-hybridized carbons (Fsp3) is 0.0667. The molecule has 120 valence electrons. The molecule has 2 aromatic rings. The van der Waals surface area contributed by atoms with Crippen molar-refractivity contribution < 1.29 is 14.6 Å². The molecule has 0 saturated carbocycles. The summed E-state index contributed by atoms with van der Waals surface area (Å²) >= 11 is 16.7. The largest absolute Gasteiger partial charge is 0.508 e. The van der Waals surface area contributed by atoms with E-state index in [1.807, 2.05) is 0 Å². The first-order valence-electron chi connectivity index (χ1n) is 6.42. The number of halogens is 2. The van der Waals surface area contributed by atoms with Gasteiger partial charge < -0.3 is 15.2 Å². The van der Waals surface area contributed by atoms with Crippen molar-refractivity contribution in [3.8, 4) is 11.5 Å². The molecule has 3 N–H and O–H groups in total. The molecule has 0 fully saturated rings. The molecule has 0 aliphatic carbocycles. The average molecular weight is 371 g/mol. The Morgan fingerprint density at radius 2 is 1.87 bits per heavy atom. The zero-order chi connectivity index (χ0) is 16.8. The lowest BCUT2D eigenvalue weighted by Gasteiger charge is -2.11. The van der Waals surface area contributed by atoms with Crippen molar-refractivity contribution >= 4 is 52.1 Å². The van der Waals surface area contributed by atoms with Gasteiger partial charge in [0.2, 0.25) is 0 Å². The summed E-state index contributed by atoms with van der Waals surface area (Å²) in [7, 11) is 0. The molecule has 0 saturated heterocycles. The van der Waals surface area contributed by atoms with E-state index >= 15 is 0 Å². The van der Waals surface area contributed by atoms with E-state index in [1.54, 1.807) is 24.3 Å². The number of benzene rings is 2. The van der Waals surface area contributed by atoms with Gasteiger partial charge in [-0.3, -0.25) is 10.1 Å². The summed E-state index contributed by atoms with van der Waals surface area (Å²) in [6.07, 6.45) is 0. The van der Waals surface area contributed by atoms with E-state index in [4.69, 9.17) is 40.2 Å². The summed E-state index contributed by atoms with van der Waals surface area (Å²) in [5, 5.41) is 15.4. The topological polar surface area (TPSA) is 70.6 Å². The Hall–Kier alpha value is -2.02. The highest BCUT2D eigenvalue weighted by molar-refractivity contribution is 7.80. The monoisotopic (exact) mass is 370 g/mol. The molecule has 0 heterocycles. The van der Waals surface area contributed by atoms with Gasteiger partial charge >= 0.3 is 0 Å². The number of rotatable bonds is 4.